The van der Waals surface area contributed by atoms with Gasteiger partial charge >= 0.3 is 0 Å². The molecule has 0 spiro atoms. The lowest BCUT2D eigenvalue weighted by Gasteiger charge is -2.34. The van der Waals surface area contributed by atoms with Crippen molar-refractivity contribution in [3.63, 3.8) is 0 Å². The van der Waals surface area contributed by atoms with Crippen molar-refractivity contribution in [2.24, 2.45) is 11.5 Å². The van der Waals surface area contributed by atoms with Crippen molar-refractivity contribution in [3.8, 4) is 0 Å². The van der Waals surface area contributed by atoms with Gasteiger partial charge in [-0.05, 0) is 38.8 Å². The maximum atomic E-state index is 6.29. The Morgan fingerprint density at radius 2 is 1.43 bits per heavy atom. The Morgan fingerprint density at radius 1 is 0.810 bits per heavy atom. The predicted molar refractivity (Wildman–Crippen MR) is 94.3 cm³/mol. The maximum Gasteiger partial charge on any atom is 0.0794 e. The van der Waals surface area contributed by atoms with Crippen molar-refractivity contribution in [2.45, 2.75) is 96.8 Å². The predicted octanol–water partition coefficient (Wildman–Crippen LogP) is 2.72. The summed E-state index contributed by atoms with van der Waals surface area (Å²) in [5, 5.41) is 6.94. The largest absolute Gasteiger partial charge is 0.314 e. The zero-order chi connectivity index (χ0) is 16.1. The van der Waals surface area contributed by atoms with E-state index in [1.165, 1.54) is 32.1 Å². The minimum atomic E-state index is -0.569. The molecule has 0 fully saturated rings. The molecule has 2 atom stereocenters. The Morgan fingerprint density at radius 3 is 1.95 bits per heavy atom. The maximum absolute atomic E-state index is 6.29. The molecule has 0 aliphatic carbocycles. The molecule has 4 nitrogen and oxygen atoms in total. The zero-order valence-corrected chi connectivity index (χ0v) is 14.9. The van der Waals surface area contributed by atoms with Crippen LogP contribution >= 0.6 is 0 Å². The third kappa shape index (κ3) is 9.46. The Bertz CT molecular complexity index is 231. The number of nitrogens with two attached hydrogens (primary N) is 2. The monoisotopic (exact) mass is 300 g/mol. The molecule has 0 aromatic carbocycles. The lowest BCUT2D eigenvalue weighted by atomic mass is 9.92. The number of hydrogen-bond donors (Lipinski definition) is 4. The number of rotatable bonds is 14. The van der Waals surface area contributed by atoms with Crippen LogP contribution in [0, 0.1) is 0 Å². The molecule has 0 amide bonds. The molecule has 128 valence electrons. The van der Waals surface area contributed by atoms with Gasteiger partial charge in [-0.1, -0.05) is 53.4 Å². The molecule has 0 saturated carbocycles. The van der Waals surface area contributed by atoms with Crippen molar-refractivity contribution >= 4 is 0 Å². The van der Waals surface area contributed by atoms with E-state index >= 15 is 0 Å². The molecule has 0 aliphatic heterocycles. The molecule has 0 radical (unpaired) electrons. The first-order valence-corrected chi connectivity index (χ1v) is 9.06. The first-order chi connectivity index (χ1) is 10.0. The fraction of sp³-hybridized carbons (Fsp3) is 1.00. The summed E-state index contributed by atoms with van der Waals surface area (Å²) in [6.45, 7) is 10.7. The SMILES string of the molecule is CCNC(CC)CCCCCCC(N)(N)C(CC)NCC. The topological polar surface area (TPSA) is 76.1 Å². The van der Waals surface area contributed by atoms with Crippen LogP contribution in [0.1, 0.15) is 79.1 Å². The van der Waals surface area contributed by atoms with Gasteiger partial charge in [0.15, 0.2) is 0 Å². The lowest BCUT2D eigenvalue weighted by molar-refractivity contribution is 0.271. The minimum absolute atomic E-state index is 0.223. The summed E-state index contributed by atoms with van der Waals surface area (Å²) >= 11 is 0. The number of nitrogens with one attached hydrogen (secondary N) is 2. The molecule has 0 heterocycles. The van der Waals surface area contributed by atoms with Crippen molar-refractivity contribution < 1.29 is 0 Å². The Kier molecular flexibility index (Phi) is 12.3. The molecule has 21 heavy (non-hydrogen) atoms. The Balaban J connectivity index is 3.78. The van der Waals surface area contributed by atoms with Crippen molar-refractivity contribution in [3.05, 3.63) is 0 Å². The Labute approximate surface area is 132 Å². The molecule has 2 unspecified atom stereocenters. The van der Waals surface area contributed by atoms with E-state index < -0.39 is 5.66 Å². The summed E-state index contributed by atoms with van der Waals surface area (Å²) in [4.78, 5) is 0. The van der Waals surface area contributed by atoms with Gasteiger partial charge in [0, 0.05) is 12.1 Å². The van der Waals surface area contributed by atoms with Crippen LogP contribution in [0.4, 0.5) is 0 Å². The van der Waals surface area contributed by atoms with Crippen LogP contribution in [-0.2, 0) is 0 Å². The highest BCUT2D eigenvalue weighted by Crippen LogP contribution is 2.15. The van der Waals surface area contributed by atoms with Crippen LogP contribution in [-0.4, -0.2) is 30.8 Å². The average molecular weight is 301 g/mol. The molecule has 0 aliphatic rings. The molecule has 0 bridgehead atoms. The highest BCUT2D eigenvalue weighted by atomic mass is 15.1. The molecule has 0 rings (SSSR count). The smallest absolute Gasteiger partial charge is 0.0794 e. The van der Waals surface area contributed by atoms with Gasteiger partial charge in [-0.2, -0.15) is 0 Å². The second-order valence-electron chi connectivity index (χ2n) is 6.25. The third-order valence-corrected chi connectivity index (χ3v) is 4.41. The quantitative estimate of drug-likeness (QED) is 0.294. The van der Waals surface area contributed by atoms with Gasteiger partial charge in [0.1, 0.15) is 0 Å². The minimum Gasteiger partial charge on any atom is -0.314 e. The van der Waals surface area contributed by atoms with Crippen molar-refractivity contribution in [1.82, 2.24) is 10.6 Å². The highest BCUT2D eigenvalue weighted by Gasteiger charge is 2.27. The zero-order valence-electron chi connectivity index (χ0n) is 14.9. The molecule has 0 aromatic rings. The number of unbranched alkanes of at least 4 members (excludes halogenated alkanes) is 3. The standard InChI is InChI=1S/C17H40N4/c1-5-15(20-7-3)13-11-9-10-12-14-17(18,19)16(6-2)21-8-4/h15-16,20-21H,5-14,18-19H2,1-4H3. The van der Waals surface area contributed by atoms with Gasteiger partial charge in [0.05, 0.1) is 5.66 Å². The summed E-state index contributed by atoms with van der Waals surface area (Å²) in [7, 11) is 0. The molecular formula is C17H40N4. The number of likely N-dealkylation sites (N-methyl/N-ethyl adjacent to an activating group) is 1. The van der Waals surface area contributed by atoms with Crippen LogP contribution < -0.4 is 22.1 Å². The number of hydrogen-bond acceptors (Lipinski definition) is 4. The summed E-state index contributed by atoms with van der Waals surface area (Å²) < 4.78 is 0. The summed E-state index contributed by atoms with van der Waals surface area (Å²) in [6, 6.07) is 0.914. The second kappa shape index (κ2) is 12.4. The van der Waals surface area contributed by atoms with Gasteiger partial charge in [0.25, 0.3) is 0 Å². The highest BCUT2D eigenvalue weighted by molar-refractivity contribution is 4.89. The summed E-state index contributed by atoms with van der Waals surface area (Å²) in [5.41, 5.74) is 12.0. The van der Waals surface area contributed by atoms with Crippen LogP contribution in [0.5, 0.6) is 0 Å². The lowest BCUT2D eigenvalue weighted by Crippen LogP contribution is -2.63. The van der Waals surface area contributed by atoms with Gasteiger partial charge in [-0.25, -0.2) is 0 Å². The van der Waals surface area contributed by atoms with E-state index in [1.54, 1.807) is 0 Å². The van der Waals surface area contributed by atoms with Crippen molar-refractivity contribution in [2.75, 3.05) is 13.1 Å². The van der Waals surface area contributed by atoms with Gasteiger partial charge in [-0.15, -0.1) is 0 Å². The fourth-order valence-electron chi connectivity index (χ4n) is 3.05. The van der Waals surface area contributed by atoms with Crippen molar-refractivity contribution in [1.29, 1.82) is 0 Å². The van der Waals surface area contributed by atoms with Crippen LogP contribution in [0.15, 0.2) is 0 Å². The molecule has 6 N–H and O–H groups in total. The molecule has 4 heteroatoms. The van der Waals surface area contributed by atoms with E-state index in [0.717, 1.165) is 32.4 Å². The first kappa shape index (κ1) is 20.8. The first-order valence-electron chi connectivity index (χ1n) is 9.06. The van der Waals surface area contributed by atoms with Gasteiger partial charge < -0.3 is 22.1 Å². The third-order valence-electron chi connectivity index (χ3n) is 4.41. The second-order valence-corrected chi connectivity index (χ2v) is 6.25. The van der Waals surface area contributed by atoms with Gasteiger partial charge in [0.2, 0.25) is 0 Å². The Hall–Kier alpha value is -0.160. The van der Waals surface area contributed by atoms with Crippen LogP contribution in [0.25, 0.3) is 0 Å². The van der Waals surface area contributed by atoms with Crippen LogP contribution in [0.2, 0.25) is 0 Å². The normalized spacial score (nSPS) is 15.1. The van der Waals surface area contributed by atoms with E-state index in [0.29, 0.717) is 6.04 Å². The summed E-state index contributed by atoms with van der Waals surface area (Å²) in [5.74, 6) is 0. The van der Waals surface area contributed by atoms with E-state index in [1.807, 2.05) is 0 Å². The van der Waals surface area contributed by atoms with Gasteiger partial charge in [-0.3, -0.25) is 0 Å². The fourth-order valence-corrected chi connectivity index (χ4v) is 3.05. The van der Waals surface area contributed by atoms with E-state index in [2.05, 4.69) is 38.3 Å². The van der Waals surface area contributed by atoms with E-state index in [9.17, 15) is 0 Å². The summed E-state index contributed by atoms with van der Waals surface area (Å²) in [6.07, 6.45) is 9.37. The molecular weight excluding hydrogens is 260 g/mol. The molecule has 0 saturated heterocycles. The van der Waals surface area contributed by atoms with E-state index in [-0.39, 0.29) is 6.04 Å². The van der Waals surface area contributed by atoms with Crippen LogP contribution in [0.3, 0.4) is 0 Å². The molecule has 0 aromatic heterocycles. The van der Waals surface area contributed by atoms with E-state index in [4.69, 9.17) is 11.5 Å². The average Bonchev–Trinajstić information content (AvgIpc) is 2.46.